The second-order valence-corrected chi connectivity index (χ2v) is 4.86. The molecule has 3 rings (SSSR count). The van der Waals surface area contributed by atoms with E-state index in [0.29, 0.717) is 17.6 Å². The second-order valence-electron chi connectivity index (χ2n) is 4.86. The van der Waals surface area contributed by atoms with Crippen LogP contribution in [0.1, 0.15) is 50.0 Å². The van der Waals surface area contributed by atoms with E-state index in [-0.39, 0.29) is 0 Å². The van der Waals surface area contributed by atoms with Gasteiger partial charge in [-0.2, -0.15) is 0 Å². The van der Waals surface area contributed by atoms with Gasteiger partial charge in [0.1, 0.15) is 11.3 Å². The van der Waals surface area contributed by atoms with Crippen LogP contribution in [0, 0.1) is 0 Å². The number of benzene rings is 1. The first-order valence-corrected chi connectivity index (χ1v) is 5.78. The molecule has 1 aromatic carbocycles. The fraction of sp³-hybridized carbons (Fsp3) is 0.462. The zero-order valence-electron chi connectivity index (χ0n) is 9.53. The highest BCUT2D eigenvalue weighted by atomic mass is 16.3. The highest BCUT2D eigenvalue weighted by Gasteiger charge is 2.29. The number of hydrogen-bond donors (Lipinski definition) is 1. The molecule has 1 aromatic heterocycles. The number of aromatic nitrogens is 1. The van der Waals surface area contributed by atoms with Crippen molar-refractivity contribution >= 4 is 11.1 Å². The van der Waals surface area contributed by atoms with Gasteiger partial charge in [-0.25, -0.2) is 4.98 Å². The van der Waals surface area contributed by atoms with Gasteiger partial charge in [0.2, 0.25) is 0 Å². The lowest BCUT2D eigenvalue weighted by Gasteiger charge is -2.06. The molecule has 0 bridgehead atoms. The Balaban J connectivity index is 2.15. The van der Waals surface area contributed by atoms with E-state index in [2.05, 4.69) is 18.8 Å². The summed E-state index contributed by atoms with van der Waals surface area (Å²) in [5, 5.41) is 9.86. The third-order valence-electron chi connectivity index (χ3n) is 3.10. The van der Waals surface area contributed by atoms with E-state index in [4.69, 9.17) is 4.42 Å². The Hall–Kier alpha value is -1.51. The van der Waals surface area contributed by atoms with Crippen molar-refractivity contribution in [1.82, 2.24) is 4.98 Å². The second kappa shape index (κ2) is 3.24. The normalized spacial score (nSPS) is 16.2. The van der Waals surface area contributed by atoms with E-state index in [1.807, 2.05) is 6.07 Å². The number of fused-ring (bicyclic) bond motifs is 1. The van der Waals surface area contributed by atoms with Crippen LogP contribution in [0.25, 0.3) is 11.1 Å². The number of nitrogens with zero attached hydrogens (tertiary/aromatic N) is 1. The van der Waals surface area contributed by atoms with Crippen molar-refractivity contribution < 1.29 is 9.52 Å². The van der Waals surface area contributed by atoms with Crippen molar-refractivity contribution in [3.8, 4) is 5.75 Å². The molecule has 3 heteroatoms. The Morgan fingerprint density at radius 1 is 1.38 bits per heavy atom. The number of oxazole rings is 1. The van der Waals surface area contributed by atoms with Crippen molar-refractivity contribution in [1.29, 1.82) is 0 Å². The van der Waals surface area contributed by atoms with Crippen LogP contribution in [0.3, 0.4) is 0 Å². The smallest absolute Gasteiger partial charge is 0.198 e. The third-order valence-corrected chi connectivity index (χ3v) is 3.10. The molecule has 1 aliphatic rings. The van der Waals surface area contributed by atoms with Crippen molar-refractivity contribution in [2.75, 3.05) is 0 Å². The average Bonchev–Trinajstić information content (AvgIpc) is 2.98. The molecule has 0 radical (unpaired) electrons. The summed E-state index contributed by atoms with van der Waals surface area (Å²) in [4.78, 5) is 4.41. The fourth-order valence-corrected chi connectivity index (χ4v) is 1.96. The van der Waals surface area contributed by atoms with E-state index in [9.17, 15) is 5.11 Å². The van der Waals surface area contributed by atoms with E-state index in [1.165, 1.54) is 12.8 Å². The first-order valence-electron chi connectivity index (χ1n) is 5.78. The fourth-order valence-electron chi connectivity index (χ4n) is 1.96. The summed E-state index contributed by atoms with van der Waals surface area (Å²) in [6.07, 6.45) is 2.35. The number of phenolic OH excluding ortho intramolecular Hbond substituents is 1. The van der Waals surface area contributed by atoms with Gasteiger partial charge in [0, 0.05) is 17.5 Å². The quantitative estimate of drug-likeness (QED) is 0.836. The minimum absolute atomic E-state index is 0.291. The standard InChI is InChI=1S/C13H15NO2/c1-7(2)9-5-12-10(6-11(9)15)14-13(16-12)8-3-4-8/h5-8,15H,3-4H2,1-2H3. The zero-order valence-corrected chi connectivity index (χ0v) is 9.53. The molecule has 0 unspecified atom stereocenters. The first-order chi connectivity index (χ1) is 7.65. The summed E-state index contributed by atoms with van der Waals surface area (Å²) in [6, 6.07) is 3.62. The van der Waals surface area contributed by atoms with E-state index < -0.39 is 0 Å². The van der Waals surface area contributed by atoms with Crippen LogP contribution in [-0.2, 0) is 0 Å². The van der Waals surface area contributed by atoms with Gasteiger partial charge in [-0.05, 0) is 24.8 Å². The van der Waals surface area contributed by atoms with Gasteiger partial charge in [0.15, 0.2) is 11.5 Å². The summed E-state index contributed by atoms with van der Waals surface area (Å²) in [6.45, 7) is 4.11. The van der Waals surface area contributed by atoms with Crippen LogP contribution in [0.5, 0.6) is 5.75 Å². The average molecular weight is 217 g/mol. The minimum atomic E-state index is 0.291. The predicted molar refractivity (Wildman–Crippen MR) is 61.7 cm³/mol. The van der Waals surface area contributed by atoms with Crippen LogP contribution in [-0.4, -0.2) is 10.1 Å². The molecule has 0 spiro atoms. The van der Waals surface area contributed by atoms with Crippen molar-refractivity contribution in [3.63, 3.8) is 0 Å². The highest BCUT2D eigenvalue weighted by Crippen LogP contribution is 2.41. The van der Waals surface area contributed by atoms with Crippen molar-refractivity contribution in [2.45, 2.75) is 38.5 Å². The van der Waals surface area contributed by atoms with Gasteiger partial charge in [0.05, 0.1) is 0 Å². The van der Waals surface area contributed by atoms with Crippen molar-refractivity contribution in [2.24, 2.45) is 0 Å². The zero-order chi connectivity index (χ0) is 11.3. The molecule has 1 saturated carbocycles. The molecule has 1 fully saturated rings. The van der Waals surface area contributed by atoms with Gasteiger partial charge >= 0.3 is 0 Å². The Morgan fingerprint density at radius 3 is 2.75 bits per heavy atom. The van der Waals surface area contributed by atoms with Gasteiger partial charge < -0.3 is 9.52 Å². The minimum Gasteiger partial charge on any atom is -0.508 e. The molecule has 16 heavy (non-hydrogen) atoms. The Bertz CT molecular complexity index is 538. The molecule has 0 amide bonds. The van der Waals surface area contributed by atoms with Crippen LogP contribution in [0.15, 0.2) is 16.5 Å². The highest BCUT2D eigenvalue weighted by molar-refractivity contribution is 5.76. The van der Waals surface area contributed by atoms with Crippen LogP contribution in [0.4, 0.5) is 0 Å². The Morgan fingerprint density at radius 2 is 2.12 bits per heavy atom. The molecule has 1 N–H and O–H groups in total. The summed E-state index contributed by atoms with van der Waals surface area (Å²) in [5.41, 5.74) is 2.48. The largest absolute Gasteiger partial charge is 0.508 e. The first kappa shape index (κ1) is 9.70. The summed E-state index contributed by atoms with van der Waals surface area (Å²) in [5.74, 6) is 1.95. The van der Waals surface area contributed by atoms with Crippen molar-refractivity contribution in [3.05, 3.63) is 23.6 Å². The van der Waals surface area contributed by atoms with Crippen LogP contribution >= 0.6 is 0 Å². The topological polar surface area (TPSA) is 46.3 Å². The van der Waals surface area contributed by atoms with Gasteiger partial charge in [-0.1, -0.05) is 13.8 Å². The molecule has 1 heterocycles. The lowest BCUT2D eigenvalue weighted by atomic mass is 10.0. The molecule has 1 aliphatic carbocycles. The Labute approximate surface area is 94.1 Å². The number of aromatic hydroxyl groups is 1. The monoisotopic (exact) mass is 217 g/mol. The molecule has 0 saturated heterocycles. The maximum absolute atomic E-state index is 9.86. The van der Waals surface area contributed by atoms with E-state index in [0.717, 1.165) is 22.6 Å². The molecule has 3 nitrogen and oxygen atoms in total. The molecule has 84 valence electrons. The summed E-state index contributed by atoms with van der Waals surface area (Å²) < 4.78 is 5.72. The summed E-state index contributed by atoms with van der Waals surface area (Å²) >= 11 is 0. The maximum atomic E-state index is 9.86. The lowest BCUT2D eigenvalue weighted by molar-refractivity contribution is 0.465. The van der Waals surface area contributed by atoms with Gasteiger partial charge in [0.25, 0.3) is 0 Å². The van der Waals surface area contributed by atoms with E-state index in [1.54, 1.807) is 6.07 Å². The van der Waals surface area contributed by atoms with E-state index >= 15 is 0 Å². The van der Waals surface area contributed by atoms with Gasteiger partial charge in [-0.3, -0.25) is 0 Å². The third kappa shape index (κ3) is 1.47. The van der Waals surface area contributed by atoms with Crippen LogP contribution in [0.2, 0.25) is 0 Å². The number of hydrogen-bond acceptors (Lipinski definition) is 3. The molecular weight excluding hydrogens is 202 g/mol. The SMILES string of the molecule is CC(C)c1cc2oc(C3CC3)nc2cc1O. The van der Waals surface area contributed by atoms with Crippen LogP contribution < -0.4 is 0 Å². The number of phenols is 1. The number of rotatable bonds is 2. The Kier molecular flexibility index (Phi) is 1.96. The maximum Gasteiger partial charge on any atom is 0.198 e. The summed E-state index contributed by atoms with van der Waals surface area (Å²) in [7, 11) is 0. The molecule has 2 aromatic rings. The molecule has 0 atom stereocenters. The molecule has 0 aliphatic heterocycles. The van der Waals surface area contributed by atoms with Gasteiger partial charge in [-0.15, -0.1) is 0 Å². The predicted octanol–water partition coefficient (Wildman–Crippen LogP) is 3.53. The lowest BCUT2D eigenvalue weighted by Crippen LogP contribution is -1.87. The molecular formula is C13H15NO2.